The number of alkyl halides is 6. The highest BCUT2D eigenvalue weighted by Gasteiger charge is 2.56. The van der Waals surface area contributed by atoms with Crippen LogP contribution >= 0.6 is 11.3 Å². The number of para-hydroxylation sites is 1. The number of nitrogens with two attached hydrogens (primary N) is 1. The molecule has 3 N–H and O–H groups in total. The van der Waals surface area contributed by atoms with Gasteiger partial charge in [0.15, 0.2) is 0 Å². The lowest BCUT2D eigenvalue weighted by molar-refractivity contribution is -0.161. The van der Waals surface area contributed by atoms with Crippen LogP contribution in [0.4, 0.5) is 26.3 Å². The number of ether oxygens (including phenoxy) is 2. The summed E-state index contributed by atoms with van der Waals surface area (Å²) in [5.74, 6) is -2.62. The Kier molecular flexibility index (Phi) is 12.0. The average molecular weight is 811 g/mol. The Labute approximate surface area is 324 Å². The molecule has 0 radical (unpaired) electrons. The molecule has 1 saturated carbocycles. The third kappa shape index (κ3) is 8.20. The number of aromatic nitrogens is 1. The van der Waals surface area contributed by atoms with Gasteiger partial charge in [-0.2, -0.15) is 26.3 Å². The van der Waals surface area contributed by atoms with E-state index in [-0.39, 0.29) is 57.3 Å². The molecule has 2 aromatic heterocycles. The summed E-state index contributed by atoms with van der Waals surface area (Å²) in [6.45, 7) is 2.22. The molecule has 4 heterocycles. The monoisotopic (exact) mass is 810 g/mol. The van der Waals surface area contributed by atoms with E-state index >= 15 is 4.79 Å². The lowest BCUT2D eigenvalue weighted by Crippen LogP contribution is -2.68. The van der Waals surface area contributed by atoms with Gasteiger partial charge in [-0.15, -0.1) is 11.3 Å². The van der Waals surface area contributed by atoms with Crippen LogP contribution in [-0.4, -0.2) is 81.6 Å². The summed E-state index contributed by atoms with van der Waals surface area (Å²) in [5.41, 5.74) is 2.77. The minimum atomic E-state index is -4.89. The maximum Gasteiger partial charge on any atom is 0.425 e. The first-order valence-corrected chi connectivity index (χ1v) is 19.6. The summed E-state index contributed by atoms with van der Waals surface area (Å²) in [6.07, 6.45) is -5.38. The van der Waals surface area contributed by atoms with Gasteiger partial charge in [-0.1, -0.05) is 31.5 Å². The number of carbonyl (C=O) groups excluding carboxylic acids is 2. The maximum atomic E-state index is 15.1. The van der Waals surface area contributed by atoms with Gasteiger partial charge in [-0.05, 0) is 57.1 Å². The van der Waals surface area contributed by atoms with E-state index < -0.39 is 69.1 Å². The smallest absolute Gasteiger partial charge is 0.425 e. The Bertz CT molecular complexity index is 1900. The SMILES string of the molecule is CCC[C@H]1N(C(=O)c2cnccc2C(F)(F)F)CCC[C@@]1(Oc1csc(C(F)(F)F)c1)C(=O)N1CCC(CN)(c2ccccc2O[C@@H]2CC[C@@H](C(=O)O)C2)CC1. The summed E-state index contributed by atoms with van der Waals surface area (Å²) in [4.78, 5) is 46.3. The van der Waals surface area contributed by atoms with Crippen molar-refractivity contribution in [3.8, 4) is 11.5 Å². The number of likely N-dealkylation sites (tertiary alicyclic amines) is 2. The number of aliphatic carboxylic acids is 1. The van der Waals surface area contributed by atoms with Crippen LogP contribution in [0.25, 0.3) is 0 Å². The summed E-state index contributed by atoms with van der Waals surface area (Å²) in [5, 5.41) is 10.6. The topological polar surface area (TPSA) is 135 Å². The zero-order valence-electron chi connectivity index (χ0n) is 30.7. The molecule has 10 nitrogen and oxygen atoms in total. The van der Waals surface area contributed by atoms with Gasteiger partial charge < -0.3 is 30.1 Å². The number of amides is 2. The largest absolute Gasteiger partial charge is 0.490 e. The number of benzene rings is 1. The molecule has 0 unspecified atom stereocenters. The van der Waals surface area contributed by atoms with Crippen LogP contribution in [-0.2, 0) is 27.4 Å². The molecular weight excluding hydrogens is 767 g/mol. The molecule has 304 valence electrons. The third-order valence-electron chi connectivity index (χ3n) is 11.4. The van der Waals surface area contributed by atoms with Gasteiger partial charge in [-0.25, -0.2) is 0 Å². The fraction of sp³-hybridized carbons (Fsp3) is 0.538. The van der Waals surface area contributed by atoms with Crippen LogP contribution in [0.3, 0.4) is 0 Å². The van der Waals surface area contributed by atoms with Crippen LogP contribution in [0, 0.1) is 5.92 Å². The molecule has 2 aliphatic heterocycles. The number of hydrogen-bond donors (Lipinski definition) is 2. The fourth-order valence-electron chi connectivity index (χ4n) is 8.55. The number of carbonyl (C=O) groups is 3. The second-order valence-corrected chi connectivity index (χ2v) is 15.7. The number of pyridine rings is 1. The van der Waals surface area contributed by atoms with Crippen molar-refractivity contribution in [2.24, 2.45) is 11.7 Å². The summed E-state index contributed by atoms with van der Waals surface area (Å²) < 4.78 is 96.3. The quantitative estimate of drug-likeness (QED) is 0.190. The first-order valence-electron chi connectivity index (χ1n) is 18.7. The first-order chi connectivity index (χ1) is 26.5. The Morgan fingerprint density at radius 1 is 1.02 bits per heavy atom. The molecule has 3 fully saturated rings. The minimum absolute atomic E-state index is 0.00935. The molecule has 0 bridgehead atoms. The zero-order valence-corrected chi connectivity index (χ0v) is 31.5. The second kappa shape index (κ2) is 16.2. The second-order valence-electron chi connectivity index (χ2n) is 14.8. The van der Waals surface area contributed by atoms with Gasteiger partial charge in [-0.3, -0.25) is 19.4 Å². The highest BCUT2D eigenvalue weighted by molar-refractivity contribution is 7.10. The van der Waals surface area contributed by atoms with Crippen LogP contribution in [0.15, 0.2) is 54.2 Å². The van der Waals surface area contributed by atoms with Crippen molar-refractivity contribution in [1.82, 2.24) is 14.8 Å². The van der Waals surface area contributed by atoms with E-state index in [1.54, 1.807) is 11.8 Å². The number of halogens is 6. The van der Waals surface area contributed by atoms with Crippen molar-refractivity contribution in [2.75, 3.05) is 26.2 Å². The van der Waals surface area contributed by atoms with Crippen molar-refractivity contribution >= 4 is 29.1 Å². The van der Waals surface area contributed by atoms with Crippen LogP contribution in [0.5, 0.6) is 11.5 Å². The van der Waals surface area contributed by atoms with Crippen LogP contribution in [0.2, 0.25) is 0 Å². The Hall–Kier alpha value is -4.38. The van der Waals surface area contributed by atoms with Crippen LogP contribution in [0.1, 0.15) is 91.1 Å². The third-order valence-corrected chi connectivity index (χ3v) is 12.4. The van der Waals surface area contributed by atoms with E-state index in [1.165, 1.54) is 4.90 Å². The number of carboxylic acids is 1. The number of thiophene rings is 1. The van der Waals surface area contributed by atoms with Crippen molar-refractivity contribution in [3.63, 3.8) is 0 Å². The van der Waals surface area contributed by atoms with Crippen molar-refractivity contribution in [3.05, 3.63) is 75.7 Å². The highest BCUT2D eigenvalue weighted by atomic mass is 32.1. The Morgan fingerprint density at radius 3 is 2.38 bits per heavy atom. The van der Waals surface area contributed by atoms with Gasteiger partial charge in [0.25, 0.3) is 11.8 Å². The standard InChI is InChI=1S/C39H44F6N4O6S/c1-2-6-31-37(55-26-20-32(56-22-26)39(43,44)45,12-5-16-49(31)33(50)27-21-47-15-11-28(27)38(40,41)42)35(53)48-17-13-36(23-46,14-18-48)29-7-3-4-8-30(29)54-25-10-9-24(19-25)34(51)52/h3-4,7-8,11,15,20-22,24-25,31H,2,5-6,9-10,12-14,16-19,23,46H2,1H3,(H,51,52)/t24-,25-,31-,37+/m1/s1. The van der Waals surface area contributed by atoms with E-state index in [1.807, 2.05) is 24.3 Å². The maximum absolute atomic E-state index is 15.1. The lowest BCUT2D eigenvalue weighted by Gasteiger charge is -2.51. The number of rotatable bonds is 11. The van der Waals surface area contributed by atoms with E-state index in [9.17, 15) is 41.0 Å². The molecular formula is C39H44F6N4O6S. The first kappa shape index (κ1) is 41.3. The fourth-order valence-corrected chi connectivity index (χ4v) is 9.23. The molecule has 56 heavy (non-hydrogen) atoms. The van der Waals surface area contributed by atoms with Crippen molar-refractivity contribution in [1.29, 1.82) is 0 Å². The molecule has 2 saturated heterocycles. The summed E-state index contributed by atoms with van der Waals surface area (Å²) >= 11 is 0.385. The normalized spacial score (nSPS) is 24.2. The van der Waals surface area contributed by atoms with E-state index in [2.05, 4.69) is 4.98 Å². The van der Waals surface area contributed by atoms with Gasteiger partial charge in [0.2, 0.25) is 5.60 Å². The number of piperidine rings is 2. The molecule has 17 heteroatoms. The molecule has 1 aliphatic carbocycles. The number of hydrogen-bond acceptors (Lipinski definition) is 8. The molecule has 1 aromatic carbocycles. The average Bonchev–Trinajstić information content (AvgIpc) is 3.85. The number of nitrogens with zero attached hydrogens (tertiary/aromatic N) is 3. The molecule has 6 rings (SSSR count). The van der Waals surface area contributed by atoms with Gasteiger partial charge in [0.1, 0.15) is 16.4 Å². The summed E-state index contributed by atoms with van der Waals surface area (Å²) in [6, 6.07) is 7.72. The summed E-state index contributed by atoms with van der Waals surface area (Å²) in [7, 11) is 0. The predicted octanol–water partition coefficient (Wildman–Crippen LogP) is 7.55. The molecule has 2 amide bonds. The van der Waals surface area contributed by atoms with Crippen LogP contribution < -0.4 is 15.2 Å². The van der Waals surface area contributed by atoms with Gasteiger partial charge in [0, 0.05) is 67.4 Å². The Morgan fingerprint density at radius 2 is 1.75 bits per heavy atom. The van der Waals surface area contributed by atoms with Crippen molar-refractivity contribution in [2.45, 2.75) is 100 Å². The van der Waals surface area contributed by atoms with Gasteiger partial charge in [0.05, 0.1) is 29.2 Å². The molecule has 4 atom stereocenters. The van der Waals surface area contributed by atoms with Crippen molar-refractivity contribution < 1.29 is 55.3 Å². The van der Waals surface area contributed by atoms with Gasteiger partial charge >= 0.3 is 18.3 Å². The lowest BCUT2D eigenvalue weighted by atomic mass is 9.71. The zero-order chi connectivity index (χ0) is 40.5. The van der Waals surface area contributed by atoms with E-state index in [0.29, 0.717) is 61.7 Å². The predicted molar refractivity (Wildman–Crippen MR) is 193 cm³/mol. The molecule has 0 spiro atoms. The molecule has 3 aliphatic rings. The minimum Gasteiger partial charge on any atom is -0.490 e. The van der Waals surface area contributed by atoms with E-state index in [4.69, 9.17) is 15.2 Å². The Balaban J connectivity index is 1.33. The number of carboxylic acid groups (broad SMARTS) is 1. The van der Waals surface area contributed by atoms with E-state index in [0.717, 1.165) is 29.4 Å². The highest BCUT2D eigenvalue weighted by Crippen LogP contribution is 2.45. The molecule has 3 aromatic rings.